The number of likely N-dealkylation sites (tertiary alicyclic amines) is 1. The lowest BCUT2D eigenvalue weighted by Gasteiger charge is -2.35. The summed E-state index contributed by atoms with van der Waals surface area (Å²) in [5.41, 5.74) is 0. The first-order valence-corrected chi connectivity index (χ1v) is 6.75. The minimum Gasteiger partial charge on any atom is -0.393 e. The van der Waals surface area contributed by atoms with Crippen LogP contribution in [0.1, 0.15) is 26.2 Å². The monoisotopic (exact) mass is 245 g/mol. The Morgan fingerprint density at radius 1 is 1.29 bits per heavy atom. The van der Waals surface area contributed by atoms with E-state index in [9.17, 15) is 5.11 Å². The summed E-state index contributed by atoms with van der Waals surface area (Å²) in [4.78, 5) is 2.45. The van der Waals surface area contributed by atoms with E-state index < -0.39 is 0 Å². The molecule has 1 fully saturated rings. The standard InChI is InChI=1S/C13H27NO3/c1-3-12-11-14(7-5-13(12)15)6-4-8-17-10-9-16-2/h12-13,15H,3-11H2,1-2H3. The van der Waals surface area contributed by atoms with Crippen molar-refractivity contribution < 1.29 is 14.6 Å². The van der Waals surface area contributed by atoms with Crippen LogP contribution >= 0.6 is 0 Å². The van der Waals surface area contributed by atoms with E-state index >= 15 is 0 Å². The molecule has 4 nitrogen and oxygen atoms in total. The van der Waals surface area contributed by atoms with Crippen molar-refractivity contribution >= 4 is 0 Å². The van der Waals surface area contributed by atoms with Gasteiger partial charge in [0.25, 0.3) is 0 Å². The molecule has 0 aliphatic carbocycles. The third-order valence-electron chi connectivity index (χ3n) is 3.50. The van der Waals surface area contributed by atoms with Crippen LogP contribution in [0, 0.1) is 5.92 Å². The molecule has 0 aromatic heterocycles. The Labute approximate surface area is 105 Å². The third kappa shape index (κ3) is 5.82. The van der Waals surface area contributed by atoms with Gasteiger partial charge in [-0.2, -0.15) is 0 Å². The number of aliphatic hydroxyl groups excluding tert-OH is 1. The largest absolute Gasteiger partial charge is 0.393 e. The van der Waals surface area contributed by atoms with Gasteiger partial charge in [-0.25, -0.2) is 0 Å². The maximum atomic E-state index is 9.79. The fraction of sp³-hybridized carbons (Fsp3) is 1.00. The maximum absolute atomic E-state index is 9.79. The first-order chi connectivity index (χ1) is 8.27. The number of rotatable bonds is 8. The zero-order valence-electron chi connectivity index (χ0n) is 11.2. The molecule has 1 aliphatic rings. The summed E-state index contributed by atoms with van der Waals surface area (Å²) in [5.74, 6) is 0.457. The van der Waals surface area contributed by atoms with Crippen LogP contribution in [0.3, 0.4) is 0 Å². The predicted octanol–water partition coefficient (Wildman–Crippen LogP) is 1.13. The van der Waals surface area contributed by atoms with Gasteiger partial charge in [0.05, 0.1) is 19.3 Å². The van der Waals surface area contributed by atoms with Gasteiger partial charge in [0.2, 0.25) is 0 Å². The Morgan fingerprint density at radius 3 is 2.82 bits per heavy atom. The first-order valence-electron chi connectivity index (χ1n) is 6.75. The molecule has 1 rings (SSSR count). The minimum absolute atomic E-state index is 0.0887. The van der Waals surface area contributed by atoms with Crippen LogP contribution in [-0.2, 0) is 9.47 Å². The molecule has 0 amide bonds. The molecule has 0 spiro atoms. The van der Waals surface area contributed by atoms with Gasteiger partial charge in [0.1, 0.15) is 0 Å². The van der Waals surface area contributed by atoms with Crippen molar-refractivity contribution in [3.8, 4) is 0 Å². The molecule has 0 bridgehead atoms. The Kier molecular flexibility index (Phi) is 7.77. The van der Waals surface area contributed by atoms with Crippen molar-refractivity contribution in [1.29, 1.82) is 0 Å². The van der Waals surface area contributed by atoms with Crippen LogP contribution in [-0.4, -0.2) is 62.7 Å². The molecule has 2 unspecified atom stereocenters. The average Bonchev–Trinajstić information content (AvgIpc) is 2.35. The van der Waals surface area contributed by atoms with Gasteiger partial charge in [0.15, 0.2) is 0 Å². The molecule has 1 aliphatic heterocycles. The molecular formula is C13H27NO3. The van der Waals surface area contributed by atoms with Gasteiger partial charge in [-0.1, -0.05) is 6.92 Å². The van der Waals surface area contributed by atoms with E-state index in [1.165, 1.54) is 0 Å². The van der Waals surface area contributed by atoms with E-state index in [4.69, 9.17) is 9.47 Å². The average molecular weight is 245 g/mol. The van der Waals surface area contributed by atoms with Crippen molar-refractivity contribution in [2.45, 2.75) is 32.3 Å². The molecule has 0 aromatic carbocycles. The van der Waals surface area contributed by atoms with Gasteiger partial charge < -0.3 is 19.5 Å². The third-order valence-corrected chi connectivity index (χ3v) is 3.50. The summed E-state index contributed by atoms with van der Waals surface area (Å²) < 4.78 is 10.4. The summed E-state index contributed by atoms with van der Waals surface area (Å²) in [6.45, 7) is 7.47. The summed E-state index contributed by atoms with van der Waals surface area (Å²) in [7, 11) is 1.69. The topological polar surface area (TPSA) is 41.9 Å². The second-order valence-corrected chi connectivity index (χ2v) is 4.78. The van der Waals surface area contributed by atoms with E-state index in [2.05, 4.69) is 11.8 Å². The van der Waals surface area contributed by atoms with Gasteiger partial charge in [0, 0.05) is 33.4 Å². The number of nitrogens with zero attached hydrogens (tertiary/aromatic N) is 1. The number of aliphatic hydroxyl groups is 1. The highest BCUT2D eigenvalue weighted by molar-refractivity contribution is 4.78. The molecule has 0 saturated carbocycles. The van der Waals surface area contributed by atoms with Gasteiger partial charge in [-0.15, -0.1) is 0 Å². The molecule has 4 heteroatoms. The van der Waals surface area contributed by atoms with Crippen molar-refractivity contribution in [2.75, 3.05) is 46.6 Å². The van der Waals surface area contributed by atoms with Crippen LogP contribution < -0.4 is 0 Å². The molecule has 17 heavy (non-hydrogen) atoms. The summed E-state index contributed by atoms with van der Waals surface area (Å²) in [6.07, 6.45) is 2.97. The zero-order chi connectivity index (χ0) is 12.5. The lowest BCUT2D eigenvalue weighted by Crippen LogP contribution is -2.43. The number of piperidine rings is 1. The molecule has 102 valence electrons. The van der Waals surface area contributed by atoms with Crippen LogP contribution in [0.4, 0.5) is 0 Å². The number of methoxy groups -OCH3 is 1. The van der Waals surface area contributed by atoms with Crippen molar-refractivity contribution in [1.82, 2.24) is 4.90 Å². The summed E-state index contributed by atoms with van der Waals surface area (Å²) in [5, 5.41) is 9.79. The first kappa shape index (κ1) is 14.9. The molecule has 1 heterocycles. The van der Waals surface area contributed by atoms with E-state index in [1.807, 2.05) is 0 Å². The zero-order valence-corrected chi connectivity index (χ0v) is 11.2. The molecule has 0 radical (unpaired) electrons. The molecule has 0 aromatic rings. The highest BCUT2D eigenvalue weighted by atomic mass is 16.5. The van der Waals surface area contributed by atoms with E-state index in [-0.39, 0.29) is 6.10 Å². The Bertz CT molecular complexity index is 190. The second kappa shape index (κ2) is 8.86. The summed E-state index contributed by atoms with van der Waals surface area (Å²) in [6, 6.07) is 0. The fourth-order valence-corrected chi connectivity index (χ4v) is 2.33. The molecule has 1 N–H and O–H groups in total. The second-order valence-electron chi connectivity index (χ2n) is 4.78. The Morgan fingerprint density at radius 2 is 2.12 bits per heavy atom. The number of ether oxygens (including phenoxy) is 2. The van der Waals surface area contributed by atoms with Crippen molar-refractivity contribution in [3.63, 3.8) is 0 Å². The summed E-state index contributed by atoms with van der Waals surface area (Å²) >= 11 is 0. The highest BCUT2D eigenvalue weighted by Gasteiger charge is 2.25. The van der Waals surface area contributed by atoms with Gasteiger partial charge in [-0.3, -0.25) is 0 Å². The predicted molar refractivity (Wildman–Crippen MR) is 68.2 cm³/mol. The van der Waals surface area contributed by atoms with Crippen LogP contribution in [0.5, 0.6) is 0 Å². The lowest BCUT2D eigenvalue weighted by molar-refractivity contribution is 0.0188. The van der Waals surface area contributed by atoms with Gasteiger partial charge in [-0.05, 0) is 25.2 Å². The highest BCUT2D eigenvalue weighted by Crippen LogP contribution is 2.19. The minimum atomic E-state index is -0.0887. The van der Waals surface area contributed by atoms with Crippen molar-refractivity contribution in [3.05, 3.63) is 0 Å². The van der Waals surface area contributed by atoms with Gasteiger partial charge >= 0.3 is 0 Å². The Hall–Kier alpha value is -0.160. The van der Waals surface area contributed by atoms with Crippen LogP contribution in [0.15, 0.2) is 0 Å². The normalized spacial score (nSPS) is 26.3. The molecule has 1 saturated heterocycles. The van der Waals surface area contributed by atoms with Crippen molar-refractivity contribution in [2.24, 2.45) is 5.92 Å². The smallest absolute Gasteiger partial charge is 0.0700 e. The number of hydrogen-bond acceptors (Lipinski definition) is 4. The fourth-order valence-electron chi connectivity index (χ4n) is 2.33. The molecule has 2 atom stereocenters. The Balaban J connectivity index is 2.03. The lowest BCUT2D eigenvalue weighted by atomic mass is 9.92. The van der Waals surface area contributed by atoms with Crippen LogP contribution in [0.25, 0.3) is 0 Å². The number of hydrogen-bond donors (Lipinski definition) is 1. The van der Waals surface area contributed by atoms with Crippen LogP contribution in [0.2, 0.25) is 0 Å². The molecular weight excluding hydrogens is 218 g/mol. The van der Waals surface area contributed by atoms with E-state index in [1.54, 1.807) is 7.11 Å². The van der Waals surface area contributed by atoms with E-state index in [0.717, 1.165) is 45.5 Å². The quantitative estimate of drug-likeness (QED) is 0.651. The SMILES string of the molecule is CCC1CN(CCCOCCOC)CCC1O. The maximum Gasteiger partial charge on any atom is 0.0700 e. The van der Waals surface area contributed by atoms with E-state index in [0.29, 0.717) is 19.1 Å².